The van der Waals surface area contributed by atoms with Crippen LogP contribution >= 0.6 is 0 Å². The lowest BCUT2D eigenvalue weighted by atomic mass is 10.1. The number of aromatic nitrogens is 1. The van der Waals surface area contributed by atoms with Gasteiger partial charge in [-0.2, -0.15) is 0 Å². The van der Waals surface area contributed by atoms with Gasteiger partial charge in [-0.05, 0) is 31.0 Å². The van der Waals surface area contributed by atoms with Gasteiger partial charge in [0.15, 0.2) is 0 Å². The molecule has 1 aromatic carbocycles. The SMILES string of the molecule is Cc1ccc(/C=C/c2ccn(C(C)CN)c(=O)c2)cc1. The fourth-order valence-corrected chi connectivity index (χ4v) is 1.96. The molecule has 3 nitrogen and oxygen atoms in total. The van der Waals surface area contributed by atoms with Gasteiger partial charge in [0.25, 0.3) is 5.56 Å². The summed E-state index contributed by atoms with van der Waals surface area (Å²) in [6, 6.07) is 11.8. The maximum absolute atomic E-state index is 12.0. The van der Waals surface area contributed by atoms with Crippen molar-refractivity contribution >= 4 is 12.2 Å². The Morgan fingerprint density at radius 3 is 2.40 bits per heavy atom. The minimum atomic E-state index is -0.0194. The Labute approximate surface area is 119 Å². The average molecular weight is 268 g/mol. The summed E-state index contributed by atoms with van der Waals surface area (Å²) in [5.41, 5.74) is 8.82. The van der Waals surface area contributed by atoms with Crippen LogP contribution in [0.15, 0.2) is 47.4 Å². The maximum atomic E-state index is 12.0. The average Bonchev–Trinajstić information content (AvgIpc) is 2.46. The van der Waals surface area contributed by atoms with E-state index in [2.05, 4.69) is 31.2 Å². The molecule has 20 heavy (non-hydrogen) atoms. The molecule has 104 valence electrons. The van der Waals surface area contributed by atoms with E-state index in [4.69, 9.17) is 5.73 Å². The molecule has 0 amide bonds. The largest absolute Gasteiger partial charge is 0.328 e. The first kappa shape index (κ1) is 14.3. The molecule has 0 aliphatic heterocycles. The second-order valence-corrected chi connectivity index (χ2v) is 5.03. The van der Waals surface area contributed by atoms with Crippen molar-refractivity contribution in [2.75, 3.05) is 6.54 Å². The minimum absolute atomic E-state index is 0.0194. The quantitative estimate of drug-likeness (QED) is 0.927. The summed E-state index contributed by atoms with van der Waals surface area (Å²) in [5.74, 6) is 0. The van der Waals surface area contributed by atoms with Crippen molar-refractivity contribution in [3.8, 4) is 0 Å². The van der Waals surface area contributed by atoms with E-state index in [0.29, 0.717) is 6.54 Å². The van der Waals surface area contributed by atoms with Crippen molar-refractivity contribution < 1.29 is 0 Å². The Morgan fingerprint density at radius 2 is 1.80 bits per heavy atom. The third kappa shape index (κ3) is 3.45. The zero-order valence-electron chi connectivity index (χ0n) is 11.9. The van der Waals surface area contributed by atoms with Crippen LogP contribution < -0.4 is 11.3 Å². The summed E-state index contributed by atoms with van der Waals surface area (Å²) in [5, 5.41) is 0. The zero-order valence-corrected chi connectivity index (χ0v) is 11.9. The first-order valence-corrected chi connectivity index (χ1v) is 6.77. The number of rotatable bonds is 4. The predicted molar refractivity (Wildman–Crippen MR) is 84.6 cm³/mol. The highest BCUT2D eigenvalue weighted by molar-refractivity contribution is 5.69. The summed E-state index contributed by atoms with van der Waals surface area (Å²) < 4.78 is 1.66. The molecule has 0 saturated carbocycles. The van der Waals surface area contributed by atoms with Crippen molar-refractivity contribution in [1.29, 1.82) is 0 Å². The molecule has 3 heteroatoms. The van der Waals surface area contributed by atoms with Gasteiger partial charge < -0.3 is 10.3 Å². The molecule has 1 aromatic heterocycles. The monoisotopic (exact) mass is 268 g/mol. The molecule has 0 bridgehead atoms. The molecule has 2 N–H and O–H groups in total. The van der Waals surface area contributed by atoms with Gasteiger partial charge in [0.05, 0.1) is 0 Å². The lowest BCUT2D eigenvalue weighted by molar-refractivity contribution is 0.540. The number of nitrogens with zero attached hydrogens (tertiary/aromatic N) is 1. The second-order valence-electron chi connectivity index (χ2n) is 5.03. The Kier molecular flexibility index (Phi) is 4.53. The van der Waals surface area contributed by atoms with E-state index < -0.39 is 0 Å². The Balaban J connectivity index is 2.20. The van der Waals surface area contributed by atoms with Crippen molar-refractivity contribution in [2.45, 2.75) is 19.9 Å². The second kappa shape index (κ2) is 6.35. The van der Waals surface area contributed by atoms with E-state index in [-0.39, 0.29) is 11.6 Å². The van der Waals surface area contributed by atoms with Crippen LogP contribution in [-0.4, -0.2) is 11.1 Å². The molecule has 0 aliphatic carbocycles. The van der Waals surface area contributed by atoms with Crippen LogP contribution in [0.5, 0.6) is 0 Å². The maximum Gasteiger partial charge on any atom is 0.251 e. The standard InChI is InChI=1S/C17H20N2O/c1-13-3-5-15(6-4-13)7-8-16-9-10-19(14(2)12-18)17(20)11-16/h3-11,14H,12,18H2,1-2H3/b8-7+. The highest BCUT2D eigenvalue weighted by atomic mass is 16.1. The van der Waals surface area contributed by atoms with Crippen LogP contribution in [0.4, 0.5) is 0 Å². The summed E-state index contributed by atoms with van der Waals surface area (Å²) >= 11 is 0. The van der Waals surface area contributed by atoms with E-state index in [1.54, 1.807) is 16.8 Å². The van der Waals surface area contributed by atoms with Gasteiger partial charge in [-0.3, -0.25) is 4.79 Å². The molecule has 2 aromatic rings. The highest BCUT2D eigenvalue weighted by Gasteiger charge is 2.03. The van der Waals surface area contributed by atoms with Gasteiger partial charge >= 0.3 is 0 Å². The summed E-state index contributed by atoms with van der Waals surface area (Å²) in [6.07, 6.45) is 5.75. The molecule has 1 heterocycles. The molecule has 0 radical (unpaired) electrons. The lowest BCUT2D eigenvalue weighted by Gasteiger charge is -2.12. The number of nitrogens with two attached hydrogens (primary N) is 1. The number of hydrogen-bond donors (Lipinski definition) is 1. The summed E-state index contributed by atoms with van der Waals surface area (Å²) in [4.78, 5) is 12.0. The highest BCUT2D eigenvalue weighted by Crippen LogP contribution is 2.09. The van der Waals surface area contributed by atoms with Crippen LogP contribution in [0.3, 0.4) is 0 Å². The number of benzene rings is 1. The van der Waals surface area contributed by atoms with Crippen molar-refractivity contribution in [3.63, 3.8) is 0 Å². The first-order valence-electron chi connectivity index (χ1n) is 6.77. The zero-order chi connectivity index (χ0) is 14.5. The predicted octanol–water partition coefficient (Wildman–Crippen LogP) is 2.85. The summed E-state index contributed by atoms with van der Waals surface area (Å²) in [6.45, 7) is 4.45. The number of hydrogen-bond acceptors (Lipinski definition) is 2. The molecule has 0 saturated heterocycles. The van der Waals surface area contributed by atoms with Crippen molar-refractivity contribution in [3.05, 3.63) is 69.6 Å². The van der Waals surface area contributed by atoms with Gasteiger partial charge in [-0.15, -0.1) is 0 Å². The van der Waals surface area contributed by atoms with Crippen LogP contribution in [0.2, 0.25) is 0 Å². The van der Waals surface area contributed by atoms with E-state index in [1.807, 2.05) is 25.1 Å². The van der Waals surface area contributed by atoms with E-state index in [9.17, 15) is 4.79 Å². The van der Waals surface area contributed by atoms with E-state index in [0.717, 1.165) is 11.1 Å². The van der Waals surface area contributed by atoms with Crippen LogP contribution in [0, 0.1) is 6.92 Å². The molecule has 0 fully saturated rings. The Hall–Kier alpha value is -2.13. The van der Waals surface area contributed by atoms with Crippen molar-refractivity contribution in [1.82, 2.24) is 4.57 Å². The van der Waals surface area contributed by atoms with Crippen LogP contribution in [0.25, 0.3) is 12.2 Å². The number of aryl methyl sites for hydroxylation is 1. The van der Waals surface area contributed by atoms with Gasteiger partial charge in [0.1, 0.15) is 0 Å². The van der Waals surface area contributed by atoms with Crippen molar-refractivity contribution in [2.24, 2.45) is 5.73 Å². The van der Waals surface area contributed by atoms with E-state index in [1.165, 1.54) is 5.56 Å². The van der Waals surface area contributed by atoms with Gasteiger partial charge in [-0.25, -0.2) is 0 Å². The normalized spacial score (nSPS) is 12.8. The minimum Gasteiger partial charge on any atom is -0.328 e. The van der Waals surface area contributed by atoms with Gasteiger partial charge in [-0.1, -0.05) is 42.0 Å². The third-order valence-corrected chi connectivity index (χ3v) is 3.33. The molecule has 0 spiro atoms. The van der Waals surface area contributed by atoms with Gasteiger partial charge in [0.2, 0.25) is 0 Å². The molecular formula is C17H20N2O. The molecule has 1 unspecified atom stereocenters. The van der Waals surface area contributed by atoms with Crippen LogP contribution in [0.1, 0.15) is 29.7 Å². The fraction of sp³-hybridized carbons (Fsp3) is 0.235. The molecule has 2 rings (SSSR count). The molecule has 0 aliphatic rings. The fourth-order valence-electron chi connectivity index (χ4n) is 1.96. The number of pyridine rings is 1. The lowest BCUT2D eigenvalue weighted by Crippen LogP contribution is -2.26. The first-order chi connectivity index (χ1) is 9.60. The van der Waals surface area contributed by atoms with Gasteiger partial charge in [0, 0.05) is 24.8 Å². The molecule has 1 atom stereocenters. The molecular weight excluding hydrogens is 248 g/mol. The summed E-state index contributed by atoms with van der Waals surface area (Å²) in [7, 11) is 0. The smallest absolute Gasteiger partial charge is 0.251 e. The van der Waals surface area contributed by atoms with E-state index >= 15 is 0 Å². The van der Waals surface area contributed by atoms with Crippen LogP contribution in [-0.2, 0) is 0 Å². The topological polar surface area (TPSA) is 48.0 Å². The Morgan fingerprint density at radius 1 is 1.15 bits per heavy atom. The Bertz CT molecular complexity index is 653. The third-order valence-electron chi connectivity index (χ3n) is 3.33.